The third kappa shape index (κ3) is 1.44. The smallest absolute Gasteiger partial charge is 0.302 e. The maximum atomic E-state index is 11.8. The van der Waals surface area contributed by atoms with Crippen molar-refractivity contribution >= 4 is 0 Å². The lowest BCUT2D eigenvalue weighted by molar-refractivity contribution is -0.141. The molecule has 0 saturated heterocycles. The molecule has 11 heavy (non-hydrogen) atoms. The number of imidazole rings is 1. The van der Waals surface area contributed by atoms with Crippen LogP contribution in [0.15, 0.2) is 11.0 Å². The monoisotopic (exact) mass is 166 g/mol. The van der Waals surface area contributed by atoms with Crippen molar-refractivity contribution in [2.45, 2.75) is 6.18 Å². The van der Waals surface area contributed by atoms with Gasteiger partial charge < -0.3 is 9.55 Å². The second-order valence-corrected chi connectivity index (χ2v) is 2.08. The molecule has 0 amide bonds. The number of alkyl halides is 3. The van der Waals surface area contributed by atoms with Crippen LogP contribution in [0.1, 0.15) is 5.69 Å². The summed E-state index contributed by atoms with van der Waals surface area (Å²) in [6, 6.07) is 0. The van der Waals surface area contributed by atoms with Crippen molar-refractivity contribution < 1.29 is 13.2 Å². The highest BCUT2D eigenvalue weighted by molar-refractivity contribution is 5.00. The van der Waals surface area contributed by atoms with Crippen LogP contribution in [0, 0.1) is 0 Å². The molecule has 0 saturated carbocycles. The maximum absolute atomic E-state index is 11.8. The van der Waals surface area contributed by atoms with Crippen molar-refractivity contribution in [3.8, 4) is 0 Å². The van der Waals surface area contributed by atoms with Crippen molar-refractivity contribution in [1.29, 1.82) is 0 Å². The fraction of sp³-hybridized carbons (Fsp3) is 0.400. The van der Waals surface area contributed by atoms with E-state index in [-0.39, 0.29) is 0 Å². The number of aryl methyl sites for hydroxylation is 1. The summed E-state index contributed by atoms with van der Waals surface area (Å²) in [4.78, 5) is 12.2. The van der Waals surface area contributed by atoms with E-state index in [9.17, 15) is 18.0 Å². The van der Waals surface area contributed by atoms with E-state index in [0.717, 1.165) is 4.57 Å². The maximum Gasteiger partial charge on any atom is 0.432 e. The third-order valence-corrected chi connectivity index (χ3v) is 1.19. The van der Waals surface area contributed by atoms with Gasteiger partial charge in [-0.05, 0) is 0 Å². The number of hydrogen-bond acceptors (Lipinski definition) is 1. The molecule has 0 aromatic carbocycles. The fourth-order valence-electron chi connectivity index (χ4n) is 0.632. The minimum Gasteiger partial charge on any atom is -0.302 e. The zero-order valence-corrected chi connectivity index (χ0v) is 5.57. The molecule has 0 bridgehead atoms. The molecule has 0 spiro atoms. The summed E-state index contributed by atoms with van der Waals surface area (Å²) in [6.07, 6.45) is -3.76. The van der Waals surface area contributed by atoms with Crippen LogP contribution < -0.4 is 5.69 Å². The van der Waals surface area contributed by atoms with Crippen LogP contribution in [0.25, 0.3) is 0 Å². The van der Waals surface area contributed by atoms with Gasteiger partial charge in [0, 0.05) is 13.2 Å². The molecule has 1 heterocycles. The Balaban J connectivity index is 3.18. The van der Waals surface area contributed by atoms with E-state index in [0.29, 0.717) is 6.20 Å². The van der Waals surface area contributed by atoms with E-state index in [2.05, 4.69) is 0 Å². The predicted octanol–water partition coefficient (Wildman–Crippen LogP) is 0.732. The van der Waals surface area contributed by atoms with Crippen LogP contribution in [0.4, 0.5) is 13.2 Å². The van der Waals surface area contributed by atoms with Crippen LogP contribution >= 0.6 is 0 Å². The SMILES string of the molecule is Cn1cc(C(F)(F)F)[nH]c1=O. The molecule has 62 valence electrons. The highest BCUT2D eigenvalue weighted by Crippen LogP contribution is 2.26. The van der Waals surface area contributed by atoms with Gasteiger partial charge in [0.25, 0.3) is 0 Å². The van der Waals surface area contributed by atoms with Crippen LogP contribution in [0.3, 0.4) is 0 Å². The molecule has 1 rings (SSSR count). The number of aromatic nitrogens is 2. The summed E-state index contributed by atoms with van der Waals surface area (Å²) >= 11 is 0. The minimum atomic E-state index is -4.47. The lowest BCUT2D eigenvalue weighted by atomic mass is 10.5. The van der Waals surface area contributed by atoms with E-state index in [1.165, 1.54) is 7.05 Å². The topological polar surface area (TPSA) is 37.8 Å². The van der Waals surface area contributed by atoms with Crippen LogP contribution in [0.2, 0.25) is 0 Å². The highest BCUT2D eigenvalue weighted by atomic mass is 19.4. The Morgan fingerprint density at radius 3 is 2.27 bits per heavy atom. The summed E-state index contributed by atoms with van der Waals surface area (Å²) in [6.45, 7) is 0. The predicted molar refractivity (Wildman–Crippen MR) is 31.0 cm³/mol. The first kappa shape index (κ1) is 7.90. The number of aromatic amines is 1. The summed E-state index contributed by atoms with van der Waals surface area (Å²) < 4.78 is 36.2. The Kier molecular flexibility index (Phi) is 1.54. The first-order chi connectivity index (χ1) is 4.91. The molecule has 0 atom stereocenters. The van der Waals surface area contributed by atoms with Crippen LogP contribution in [-0.2, 0) is 13.2 Å². The number of nitrogens with one attached hydrogen (secondary N) is 1. The van der Waals surface area contributed by atoms with Gasteiger partial charge in [-0.2, -0.15) is 13.2 Å². The number of halogens is 3. The average molecular weight is 166 g/mol. The lowest BCUT2D eigenvalue weighted by Gasteiger charge is -1.99. The molecule has 0 aliphatic heterocycles. The zero-order chi connectivity index (χ0) is 8.65. The number of rotatable bonds is 0. The largest absolute Gasteiger partial charge is 0.432 e. The van der Waals surface area contributed by atoms with Gasteiger partial charge in [0.15, 0.2) is 0 Å². The minimum absolute atomic E-state index is 0.711. The molecule has 0 aliphatic carbocycles. The van der Waals surface area contributed by atoms with Crippen molar-refractivity contribution in [2.75, 3.05) is 0 Å². The molecular weight excluding hydrogens is 161 g/mol. The second-order valence-electron chi connectivity index (χ2n) is 2.08. The van der Waals surface area contributed by atoms with Crippen LogP contribution in [-0.4, -0.2) is 9.55 Å². The summed E-state index contributed by atoms with van der Waals surface area (Å²) in [5.74, 6) is 0. The molecular formula is C5H5F3N2O. The lowest BCUT2D eigenvalue weighted by Crippen LogP contribution is -2.12. The average Bonchev–Trinajstić information content (AvgIpc) is 2.11. The molecule has 0 unspecified atom stereocenters. The molecule has 1 aromatic heterocycles. The van der Waals surface area contributed by atoms with Gasteiger partial charge >= 0.3 is 11.9 Å². The van der Waals surface area contributed by atoms with Gasteiger partial charge in [-0.3, -0.25) is 0 Å². The van der Waals surface area contributed by atoms with Gasteiger partial charge in [-0.15, -0.1) is 0 Å². The Bertz CT molecular complexity index is 308. The van der Waals surface area contributed by atoms with E-state index < -0.39 is 17.6 Å². The normalized spacial score (nSPS) is 12.0. The van der Waals surface area contributed by atoms with Crippen molar-refractivity contribution in [1.82, 2.24) is 9.55 Å². The Morgan fingerprint density at radius 1 is 1.55 bits per heavy atom. The van der Waals surface area contributed by atoms with Gasteiger partial charge in [0.1, 0.15) is 5.69 Å². The van der Waals surface area contributed by atoms with Gasteiger partial charge in [-0.25, -0.2) is 4.79 Å². The summed E-state index contributed by atoms with van der Waals surface area (Å²) in [5, 5.41) is 0. The van der Waals surface area contributed by atoms with E-state index in [1.54, 1.807) is 4.98 Å². The third-order valence-electron chi connectivity index (χ3n) is 1.19. The van der Waals surface area contributed by atoms with E-state index in [1.807, 2.05) is 0 Å². The van der Waals surface area contributed by atoms with Gasteiger partial charge in [-0.1, -0.05) is 0 Å². The highest BCUT2D eigenvalue weighted by Gasteiger charge is 2.32. The Labute approximate surface area is 59.5 Å². The van der Waals surface area contributed by atoms with Crippen LogP contribution in [0.5, 0.6) is 0 Å². The number of H-pyrrole nitrogens is 1. The number of nitrogens with zero attached hydrogens (tertiary/aromatic N) is 1. The molecule has 6 heteroatoms. The fourth-order valence-corrected chi connectivity index (χ4v) is 0.632. The van der Waals surface area contributed by atoms with Crippen molar-refractivity contribution in [3.05, 3.63) is 22.4 Å². The molecule has 3 nitrogen and oxygen atoms in total. The molecule has 0 aliphatic rings. The molecule has 0 fully saturated rings. The molecule has 1 aromatic rings. The second kappa shape index (κ2) is 2.14. The standard InChI is InChI=1S/C5H5F3N2O/c1-10-2-3(5(6,7)8)9-4(10)11/h2H,1H3,(H,9,11). The van der Waals surface area contributed by atoms with Crippen molar-refractivity contribution in [3.63, 3.8) is 0 Å². The number of hydrogen-bond donors (Lipinski definition) is 1. The zero-order valence-electron chi connectivity index (χ0n) is 5.57. The Hall–Kier alpha value is -1.20. The summed E-state index contributed by atoms with van der Waals surface area (Å²) in [7, 11) is 1.24. The van der Waals surface area contributed by atoms with E-state index >= 15 is 0 Å². The first-order valence-electron chi connectivity index (χ1n) is 2.74. The van der Waals surface area contributed by atoms with Crippen molar-refractivity contribution in [2.24, 2.45) is 7.05 Å². The molecule has 0 radical (unpaired) electrons. The summed E-state index contributed by atoms with van der Waals surface area (Å²) in [5.41, 5.74) is -1.79. The van der Waals surface area contributed by atoms with Gasteiger partial charge in [0.05, 0.1) is 0 Å². The quantitative estimate of drug-likeness (QED) is 0.606. The molecule has 1 N–H and O–H groups in total. The first-order valence-corrected chi connectivity index (χ1v) is 2.74. The van der Waals surface area contributed by atoms with E-state index in [4.69, 9.17) is 0 Å². The Morgan fingerprint density at radius 2 is 2.09 bits per heavy atom. The van der Waals surface area contributed by atoms with Gasteiger partial charge in [0.2, 0.25) is 0 Å².